The number of esters is 1. The molecule has 0 bridgehead atoms. The van der Waals surface area contributed by atoms with Crippen molar-refractivity contribution in [2.75, 3.05) is 24.3 Å². The van der Waals surface area contributed by atoms with Gasteiger partial charge in [0.05, 0.1) is 34.6 Å². The first-order chi connectivity index (χ1) is 15.8. The molecule has 3 N–H and O–H groups in total. The zero-order valence-electron chi connectivity index (χ0n) is 18.6. The van der Waals surface area contributed by atoms with Crippen LogP contribution in [0.15, 0.2) is 12.1 Å². The predicted molar refractivity (Wildman–Crippen MR) is 133 cm³/mol. The minimum atomic E-state index is -0.494. The van der Waals surface area contributed by atoms with Crippen LogP contribution in [0.4, 0.5) is 11.5 Å². The third-order valence-electron chi connectivity index (χ3n) is 5.54. The van der Waals surface area contributed by atoms with Gasteiger partial charge in [0.15, 0.2) is 0 Å². The van der Waals surface area contributed by atoms with Gasteiger partial charge in [0.2, 0.25) is 0 Å². The first-order valence-corrected chi connectivity index (χ1v) is 11.9. The number of H-pyrrole nitrogens is 1. The lowest BCUT2D eigenvalue weighted by atomic mass is 9.97. The molecule has 1 amide bonds. The van der Waals surface area contributed by atoms with Crippen LogP contribution < -0.4 is 10.6 Å². The highest BCUT2D eigenvalue weighted by atomic mass is 32.1. The van der Waals surface area contributed by atoms with E-state index < -0.39 is 5.97 Å². The average molecular weight is 485 g/mol. The summed E-state index contributed by atoms with van der Waals surface area (Å²) < 4.78 is 4.90. The van der Waals surface area contributed by atoms with E-state index in [9.17, 15) is 14.4 Å². The van der Waals surface area contributed by atoms with Crippen LogP contribution in [0.3, 0.4) is 0 Å². The van der Waals surface area contributed by atoms with Gasteiger partial charge >= 0.3 is 5.97 Å². The van der Waals surface area contributed by atoms with E-state index in [1.54, 1.807) is 12.1 Å². The Balaban J connectivity index is 1.86. The Bertz CT molecular complexity index is 1290. The van der Waals surface area contributed by atoms with Gasteiger partial charge in [-0.3, -0.25) is 9.59 Å². The highest BCUT2D eigenvalue weighted by Gasteiger charge is 2.24. The van der Waals surface area contributed by atoms with Crippen molar-refractivity contribution in [2.45, 2.75) is 39.5 Å². The second kappa shape index (κ2) is 9.40. The van der Waals surface area contributed by atoms with Crippen molar-refractivity contribution in [1.29, 1.82) is 0 Å². The molecule has 0 radical (unpaired) electrons. The summed E-state index contributed by atoms with van der Waals surface area (Å²) in [4.78, 5) is 46.4. The smallest absolute Gasteiger partial charge is 0.337 e. The molecule has 3 heterocycles. The van der Waals surface area contributed by atoms with E-state index in [0.717, 1.165) is 16.1 Å². The monoisotopic (exact) mass is 484 g/mol. The number of carbonyl (C=O) groups excluding carboxylic acids is 3. The predicted octanol–water partition coefficient (Wildman–Crippen LogP) is 4.42. The molecule has 0 atom stereocenters. The van der Waals surface area contributed by atoms with Gasteiger partial charge in [0, 0.05) is 35.2 Å². The topological polar surface area (TPSA) is 113 Å². The molecule has 2 aromatic heterocycles. The number of carbonyl (C=O) groups is 3. The Morgan fingerprint density at radius 3 is 2.79 bits per heavy atom. The normalized spacial score (nSPS) is 14.2. The first kappa shape index (κ1) is 23.1. The second-order valence-electron chi connectivity index (χ2n) is 7.77. The number of ketones is 1. The lowest BCUT2D eigenvalue weighted by Crippen LogP contribution is -2.16. The molecule has 0 spiro atoms. The van der Waals surface area contributed by atoms with Crippen LogP contribution in [-0.2, 0) is 16.0 Å². The maximum absolute atomic E-state index is 13.1. The van der Waals surface area contributed by atoms with E-state index in [0.29, 0.717) is 70.1 Å². The van der Waals surface area contributed by atoms with Crippen molar-refractivity contribution < 1.29 is 19.1 Å². The Labute approximate surface area is 200 Å². The van der Waals surface area contributed by atoms with Crippen LogP contribution in [0, 0.1) is 6.92 Å². The van der Waals surface area contributed by atoms with Crippen LogP contribution in [0.5, 0.6) is 0 Å². The SMILES string of the molecule is CCc1nc(C)sc1C(=O)Nc1[nH]c2cc(C(=O)OC)cc3c2c1NCCC(=O)CCC3=S. The third kappa shape index (κ3) is 4.53. The highest BCUT2D eigenvalue weighted by Crippen LogP contribution is 2.37. The van der Waals surface area contributed by atoms with Crippen molar-refractivity contribution in [2.24, 2.45) is 0 Å². The molecule has 1 aromatic carbocycles. The average Bonchev–Trinajstić information content (AvgIpc) is 3.35. The number of nitrogens with zero attached hydrogens (tertiary/aromatic N) is 1. The van der Waals surface area contributed by atoms with E-state index in [1.165, 1.54) is 18.4 Å². The molecule has 10 heteroatoms. The van der Waals surface area contributed by atoms with Gasteiger partial charge in [-0.05, 0) is 31.9 Å². The molecule has 1 aliphatic rings. The molecule has 0 aliphatic carbocycles. The standard InChI is InChI=1S/C23H24N4O4S2/c1-4-15-20(33-11(2)25-15)22(29)27-21-19-18-14(17(32)6-5-13(28)7-8-24-19)9-12(23(30)31-3)10-16(18)26-21/h9-10,24,26H,4-8H2,1-3H3,(H,27,29). The summed E-state index contributed by atoms with van der Waals surface area (Å²) in [6.07, 6.45) is 1.76. The molecule has 0 unspecified atom stereocenters. The van der Waals surface area contributed by atoms with Gasteiger partial charge in [0.25, 0.3) is 5.91 Å². The quantitative estimate of drug-likeness (QED) is 0.371. The number of ether oxygens (including phenoxy) is 1. The fourth-order valence-electron chi connectivity index (χ4n) is 3.96. The maximum atomic E-state index is 13.1. The minimum Gasteiger partial charge on any atom is -0.465 e. The van der Waals surface area contributed by atoms with Gasteiger partial charge in [0.1, 0.15) is 16.5 Å². The van der Waals surface area contributed by atoms with Crippen LogP contribution in [0.25, 0.3) is 10.9 Å². The number of aryl methyl sites for hydroxylation is 2. The van der Waals surface area contributed by atoms with Crippen LogP contribution in [0.1, 0.15) is 62.5 Å². The Kier molecular flexibility index (Phi) is 6.57. The lowest BCUT2D eigenvalue weighted by molar-refractivity contribution is -0.118. The number of Topliss-reactive ketones (excluding diaryl/α,β-unsaturated/α-hetero) is 1. The molecule has 0 fully saturated rings. The Morgan fingerprint density at radius 1 is 1.27 bits per heavy atom. The molecular weight excluding hydrogens is 460 g/mol. The zero-order chi connectivity index (χ0) is 23.7. The summed E-state index contributed by atoms with van der Waals surface area (Å²) >= 11 is 6.99. The number of thiocarbonyl (C=S) groups is 1. The summed E-state index contributed by atoms with van der Waals surface area (Å²) in [6.45, 7) is 4.24. The van der Waals surface area contributed by atoms with Crippen molar-refractivity contribution >= 4 is 68.5 Å². The summed E-state index contributed by atoms with van der Waals surface area (Å²) in [5.74, 6) is -0.219. The molecule has 33 heavy (non-hydrogen) atoms. The zero-order valence-corrected chi connectivity index (χ0v) is 20.2. The van der Waals surface area contributed by atoms with Crippen molar-refractivity contribution in [3.8, 4) is 0 Å². The van der Waals surface area contributed by atoms with Crippen molar-refractivity contribution in [3.05, 3.63) is 38.8 Å². The molecule has 0 saturated heterocycles. The van der Waals surface area contributed by atoms with Crippen molar-refractivity contribution in [3.63, 3.8) is 0 Å². The fraction of sp³-hybridized carbons (Fsp3) is 0.348. The van der Waals surface area contributed by atoms with Crippen LogP contribution >= 0.6 is 23.6 Å². The molecule has 4 rings (SSSR count). The molecular formula is C23H24N4O4S2. The number of hydrogen-bond acceptors (Lipinski definition) is 8. The number of anilines is 2. The maximum Gasteiger partial charge on any atom is 0.337 e. The summed E-state index contributed by atoms with van der Waals surface area (Å²) in [7, 11) is 1.32. The van der Waals surface area contributed by atoms with E-state index >= 15 is 0 Å². The van der Waals surface area contributed by atoms with E-state index in [2.05, 4.69) is 20.6 Å². The summed E-state index contributed by atoms with van der Waals surface area (Å²) in [5, 5.41) is 7.85. The number of rotatable bonds is 4. The summed E-state index contributed by atoms with van der Waals surface area (Å²) in [5.41, 5.74) is 3.02. The third-order valence-corrected chi connectivity index (χ3v) is 6.98. The number of thiazole rings is 1. The largest absolute Gasteiger partial charge is 0.465 e. The highest BCUT2D eigenvalue weighted by molar-refractivity contribution is 7.80. The molecule has 172 valence electrons. The van der Waals surface area contributed by atoms with Crippen LogP contribution in [0.2, 0.25) is 0 Å². The van der Waals surface area contributed by atoms with Gasteiger partial charge in [-0.25, -0.2) is 9.78 Å². The van der Waals surface area contributed by atoms with Gasteiger partial charge in [-0.2, -0.15) is 0 Å². The molecule has 3 aromatic rings. The number of aromatic amines is 1. The number of methoxy groups -OCH3 is 1. The molecule has 8 nitrogen and oxygen atoms in total. The van der Waals surface area contributed by atoms with Gasteiger partial charge < -0.3 is 20.4 Å². The van der Waals surface area contributed by atoms with Crippen molar-refractivity contribution in [1.82, 2.24) is 9.97 Å². The van der Waals surface area contributed by atoms with Gasteiger partial charge in [-0.15, -0.1) is 11.3 Å². The summed E-state index contributed by atoms with van der Waals surface area (Å²) in [6, 6.07) is 3.37. The number of amides is 1. The Hall–Kier alpha value is -3.11. The van der Waals surface area contributed by atoms with E-state index in [-0.39, 0.29) is 11.7 Å². The van der Waals surface area contributed by atoms with Gasteiger partial charge in [-0.1, -0.05) is 19.1 Å². The number of hydrogen-bond donors (Lipinski definition) is 3. The first-order valence-electron chi connectivity index (χ1n) is 10.7. The fourth-order valence-corrected chi connectivity index (χ4v) is 5.12. The Morgan fingerprint density at radius 2 is 2.06 bits per heavy atom. The minimum absolute atomic E-state index is 0.0995. The van der Waals surface area contributed by atoms with Crippen LogP contribution in [-0.4, -0.2) is 46.1 Å². The second-order valence-corrected chi connectivity index (χ2v) is 9.46. The number of nitrogens with one attached hydrogen (secondary N) is 3. The number of benzene rings is 1. The lowest BCUT2D eigenvalue weighted by Gasteiger charge is -2.14. The molecule has 0 saturated carbocycles. The molecule has 1 aliphatic heterocycles. The van der Waals surface area contributed by atoms with E-state index in [4.69, 9.17) is 17.0 Å². The number of aromatic nitrogens is 2. The van der Waals surface area contributed by atoms with E-state index in [1.807, 2.05) is 13.8 Å².